The molecule has 0 aliphatic heterocycles. The van der Waals surface area contributed by atoms with Gasteiger partial charge >= 0.3 is 0 Å². The molecular weight excluding hydrogens is 208 g/mol. The van der Waals surface area contributed by atoms with E-state index in [0.717, 1.165) is 17.2 Å². The van der Waals surface area contributed by atoms with Gasteiger partial charge in [-0.1, -0.05) is 5.16 Å². The highest BCUT2D eigenvalue weighted by Gasteiger charge is 2.02. The van der Waals surface area contributed by atoms with Crippen molar-refractivity contribution < 1.29 is 13.7 Å². The lowest BCUT2D eigenvalue weighted by molar-refractivity contribution is 0.162. The van der Waals surface area contributed by atoms with Gasteiger partial charge in [0.15, 0.2) is 0 Å². The molecule has 2 aromatic heterocycles. The molecule has 1 N–H and O–H groups in total. The first-order valence-electron chi connectivity index (χ1n) is 5.05. The summed E-state index contributed by atoms with van der Waals surface area (Å²) >= 11 is 0. The van der Waals surface area contributed by atoms with E-state index >= 15 is 0 Å². The maximum atomic E-state index is 5.51. The van der Waals surface area contributed by atoms with Crippen LogP contribution in [0.15, 0.2) is 33.4 Å². The van der Waals surface area contributed by atoms with Crippen molar-refractivity contribution in [3.63, 3.8) is 0 Å². The van der Waals surface area contributed by atoms with E-state index < -0.39 is 0 Å². The molecule has 2 heterocycles. The lowest BCUT2D eigenvalue weighted by Crippen LogP contribution is -2.12. The van der Waals surface area contributed by atoms with Gasteiger partial charge in [0, 0.05) is 19.7 Å². The van der Waals surface area contributed by atoms with Crippen molar-refractivity contribution in [2.24, 2.45) is 0 Å². The summed E-state index contributed by atoms with van der Waals surface area (Å²) in [6.45, 7) is 1.83. The van der Waals surface area contributed by atoms with Crippen LogP contribution >= 0.6 is 0 Å². The van der Waals surface area contributed by atoms with Crippen LogP contribution in [0.3, 0.4) is 0 Å². The number of methoxy groups -OCH3 is 1. The van der Waals surface area contributed by atoms with Gasteiger partial charge in [-0.15, -0.1) is 0 Å². The van der Waals surface area contributed by atoms with Gasteiger partial charge in [0.1, 0.15) is 24.4 Å². The first-order chi connectivity index (χ1) is 7.88. The summed E-state index contributed by atoms with van der Waals surface area (Å²) < 4.78 is 15.2. The van der Waals surface area contributed by atoms with Crippen molar-refractivity contribution in [2.75, 3.05) is 7.11 Å². The molecule has 0 saturated carbocycles. The van der Waals surface area contributed by atoms with Gasteiger partial charge < -0.3 is 19.0 Å². The average Bonchev–Trinajstić information content (AvgIpc) is 2.90. The maximum absolute atomic E-state index is 5.51. The van der Waals surface area contributed by atoms with Crippen molar-refractivity contribution in [1.29, 1.82) is 0 Å². The number of furan rings is 1. The number of aromatic nitrogens is 1. The van der Waals surface area contributed by atoms with Crippen LogP contribution in [0, 0.1) is 0 Å². The predicted molar refractivity (Wildman–Crippen MR) is 56.5 cm³/mol. The van der Waals surface area contributed by atoms with Crippen LogP contribution in [0.5, 0.6) is 0 Å². The van der Waals surface area contributed by atoms with E-state index in [2.05, 4.69) is 10.5 Å². The Morgan fingerprint density at radius 2 is 2.12 bits per heavy atom. The van der Waals surface area contributed by atoms with Crippen molar-refractivity contribution in [1.82, 2.24) is 10.5 Å². The minimum atomic E-state index is 0.503. The van der Waals surface area contributed by atoms with Gasteiger partial charge in [-0.25, -0.2) is 0 Å². The van der Waals surface area contributed by atoms with Gasteiger partial charge in [0.25, 0.3) is 0 Å². The lowest BCUT2D eigenvalue weighted by Gasteiger charge is -1.99. The highest BCUT2D eigenvalue weighted by Crippen LogP contribution is 2.08. The molecule has 0 aliphatic rings. The molecule has 2 aromatic rings. The van der Waals surface area contributed by atoms with Crippen molar-refractivity contribution >= 4 is 0 Å². The minimum absolute atomic E-state index is 0.503. The van der Waals surface area contributed by atoms with E-state index in [1.807, 2.05) is 18.2 Å². The zero-order chi connectivity index (χ0) is 11.2. The van der Waals surface area contributed by atoms with Crippen molar-refractivity contribution in [3.8, 4) is 0 Å². The summed E-state index contributed by atoms with van der Waals surface area (Å²) in [6, 6.07) is 5.67. The standard InChI is InChI=1S/C11H14N2O3/c1-14-8-11-3-2-10(16-11)7-12-6-9-4-5-15-13-9/h2-5,12H,6-8H2,1H3. The molecule has 0 aliphatic carbocycles. The minimum Gasteiger partial charge on any atom is -0.462 e. The van der Waals surface area contributed by atoms with Crippen molar-refractivity contribution in [2.45, 2.75) is 19.7 Å². The summed E-state index contributed by atoms with van der Waals surface area (Å²) in [5, 5.41) is 7.00. The predicted octanol–water partition coefficient (Wildman–Crippen LogP) is 1.70. The van der Waals surface area contributed by atoms with E-state index in [4.69, 9.17) is 13.7 Å². The number of hydrogen-bond acceptors (Lipinski definition) is 5. The molecule has 0 fully saturated rings. The Bertz CT molecular complexity index is 409. The molecule has 5 nitrogen and oxygen atoms in total. The van der Waals surface area contributed by atoms with Gasteiger partial charge in [-0.05, 0) is 12.1 Å². The van der Waals surface area contributed by atoms with Crippen molar-refractivity contribution in [3.05, 3.63) is 41.7 Å². The summed E-state index contributed by atoms with van der Waals surface area (Å²) in [7, 11) is 1.64. The summed E-state index contributed by atoms with van der Waals surface area (Å²) in [5.41, 5.74) is 0.878. The second-order valence-electron chi connectivity index (χ2n) is 3.40. The Morgan fingerprint density at radius 3 is 2.88 bits per heavy atom. The van der Waals surface area contributed by atoms with E-state index in [9.17, 15) is 0 Å². The Labute approximate surface area is 93.4 Å². The fourth-order valence-electron chi connectivity index (χ4n) is 1.38. The molecule has 0 atom stereocenters. The average molecular weight is 222 g/mol. The summed E-state index contributed by atoms with van der Waals surface area (Å²) in [5.74, 6) is 1.72. The van der Waals surface area contributed by atoms with Crippen LogP contribution in [0.2, 0.25) is 0 Å². The number of hydrogen-bond donors (Lipinski definition) is 1. The highest BCUT2D eigenvalue weighted by molar-refractivity contribution is 5.06. The second kappa shape index (κ2) is 5.48. The Kier molecular flexibility index (Phi) is 3.74. The SMILES string of the molecule is COCc1ccc(CNCc2ccon2)o1. The normalized spacial score (nSPS) is 10.8. The van der Waals surface area contributed by atoms with E-state index in [1.165, 1.54) is 0 Å². The van der Waals surface area contributed by atoms with E-state index in [0.29, 0.717) is 19.7 Å². The smallest absolute Gasteiger partial charge is 0.129 e. The fourth-order valence-corrected chi connectivity index (χ4v) is 1.38. The Balaban J connectivity index is 1.76. The number of ether oxygens (including phenoxy) is 1. The van der Waals surface area contributed by atoms with Gasteiger partial charge in [-0.3, -0.25) is 0 Å². The maximum Gasteiger partial charge on any atom is 0.129 e. The second-order valence-corrected chi connectivity index (χ2v) is 3.40. The summed E-state index contributed by atoms with van der Waals surface area (Å²) in [6.07, 6.45) is 1.56. The van der Waals surface area contributed by atoms with Crippen LogP contribution in [0.1, 0.15) is 17.2 Å². The molecule has 0 unspecified atom stereocenters. The lowest BCUT2D eigenvalue weighted by atomic mass is 10.4. The third kappa shape index (κ3) is 2.95. The molecule has 0 amide bonds. The molecule has 0 spiro atoms. The molecule has 0 saturated heterocycles. The van der Waals surface area contributed by atoms with Gasteiger partial charge in [0.2, 0.25) is 0 Å². The number of rotatable bonds is 6. The van der Waals surface area contributed by atoms with E-state index in [-0.39, 0.29) is 0 Å². The number of nitrogens with zero attached hydrogens (tertiary/aromatic N) is 1. The first-order valence-corrected chi connectivity index (χ1v) is 5.05. The quantitative estimate of drug-likeness (QED) is 0.806. The van der Waals surface area contributed by atoms with Crippen LogP contribution in [0.25, 0.3) is 0 Å². The third-order valence-corrected chi connectivity index (χ3v) is 2.10. The number of nitrogens with one attached hydrogen (secondary N) is 1. The van der Waals surface area contributed by atoms with Crippen LogP contribution in [-0.4, -0.2) is 12.3 Å². The molecule has 2 rings (SSSR count). The van der Waals surface area contributed by atoms with Gasteiger partial charge in [-0.2, -0.15) is 0 Å². The Morgan fingerprint density at radius 1 is 1.25 bits per heavy atom. The molecule has 86 valence electrons. The third-order valence-electron chi connectivity index (χ3n) is 2.10. The Hall–Kier alpha value is -1.59. The molecular formula is C11H14N2O3. The summed E-state index contributed by atoms with van der Waals surface area (Å²) in [4.78, 5) is 0. The topological polar surface area (TPSA) is 60.4 Å². The molecule has 16 heavy (non-hydrogen) atoms. The zero-order valence-electron chi connectivity index (χ0n) is 9.10. The zero-order valence-corrected chi connectivity index (χ0v) is 9.10. The van der Waals surface area contributed by atoms with E-state index in [1.54, 1.807) is 13.4 Å². The molecule has 0 bridgehead atoms. The highest BCUT2D eigenvalue weighted by atomic mass is 16.5. The van der Waals surface area contributed by atoms with Gasteiger partial charge in [0.05, 0.1) is 12.2 Å². The molecule has 5 heteroatoms. The monoisotopic (exact) mass is 222 g/mol. The fraction of sp³-hybridized carbons (Fsp3) is 0.364. The molecule has 0 radical (unpaired) electrons. The van der Waals surface area contributed by atoms with Crippen LogP contribution < -0.4 is 5.32 Å². The largest absolute Gasteiger partial charge is 0.462 e. The molecule has 0 aromatic carbocycles. The van der Waals surface area contributed by atoms with Crippen LogP contribution in [-0.2, 0) is 24.4 Å². The van der Waals surface area contributed by atoms with Crippen LogP contribution in [0.4, 0.5) is 0 Å². The first kappa shape index (κ1) is 10.9.